The van der Waals surface area contributed by atoms with E-state index in [9.17, 15) is 4.79 Å². The minimum atomic E-state index is -0.442. The first-order chi connectivity index (χ1) is 9.35. The van der Waals surface area contributed by atoms with Crippen molar-refractivity contribution in [2.24, 2.45) is 0 Å². The molecule has 1 saturated carbocycles. The molecule has 0 saturated heterocycles. The molecule has 1 aromatic rings. The second-order valence-corrected chi connectivity index (χ2v) is 7.57. The Kier molecular flexibility index (Phi) is 3.46. The van der Waals surface area contributed by atoms with Gasteiger partial charge in [-0.05, 0) is 56.2 Å². The van der Waals surface area contributed by atoms with Crippen molar-refractivity contribution in [3.63, 3.8) is 0 Å². The molecule has 2 aliphatic rings. The molecule has 1 aromatic heterocycles. The van der Waals surface area contributed by atoms with Gasteiger partial charge in [0.15, 0.2) is 0 Å². The molecule has 1 aliphatic heterocycles. The fraction of sp³-hybridized carbons (Fsp3) is 0.714. The van der Waals surface area contributed by atoms with Crippen LogP contribution in [0.2, 0.25) is 0 Å². The summed E-state index contributed by atoms with van der Waals surface area (Å²) in [4.78, 5) is 13.9. The van der Waals surface area contributed by atoms with Crippen LogP contribution in [0.3, 0.4) is 0 Å². The summed E-state index contributed by atoms with van der Waals surface area (Å²) in [6.07, 6.45) is 3.12. The molecule has 0 aromatic carbocycles. The summed E-state index contributed by atoms with van der Waals surface area (Å²) in [5, 5.41) is 4.65. The van der Waals surface area contributed by atoms with E-state index in [1.165, 1.54) is 24.1 Å². The molecule has 1 amide bonds. The topological polar surface area (TPSA) is 47.4 Å². The first kappa shape index (κ1) is 14.2. The van der Waals surface area contributed by atoms with Gasteiger partial charge in [-0.2, -0.15) is 5.10 Å². The average Bonchev–Trinajstić information content (AvgIpc) is 3.13. The van der Waals surface area contributed by atoms with Crippen molar-refractivity contribution in [1.29, 1.82) is 0 Å². The van der Waals surface area contributed by atoms with Crippen molar-refractivity contribution in [2.75, 3.05) is 6.54 Å². The zero-order chi connectivity index (χ0) is 14.5. The second-order valence-electron chi connectivity index (χ2n) is 6.54. The van der Waals surface area contributed by atoms with Crippen LogP contribution in [0, 0.1) is 3.70 Å². The summed E-state index contributed by atoms with van der Waals surface area (Å²) in [7, 11) is 0. The monoisotopic (exact) mass is 389 g/mol. The number of carbonyl (C=O) groups excluding carboxylic acids is 1. The van der Waals surface area contributed by atoms with Gasteiger partial charge in [0.2, 0.25) is 0 Å². The van der Waals surface area contributed by atoms with E-state index >= 15 is 0 Å². The summed E-state index contributed by atoms with van der Waals surface area (Å²) >= 11 is 2.28. The third kappa shape index (κ3) is 2.80. The van der Waals surface area contributed by atoms with Gasteiger partial charge in [-0.1, -0.05) is 0 Å². The maximum atomic E-state index is 12.2. The third-order valence-electron chi connectivity index (χ3n) is 3.58. The molecule has 1 aliphatic carbocycles. The fourth-order valence-electron chi connectivity index (χ4n) is 2.51. The molecule has 20 heavy (non-hydrogen) atoms. The molecular formula is C14H20IN3O2. The molecule has 0 radical (unpaired) electrons. The van der Waals surface area contributed by atoms with E-state index in [2.05, 4.69) is 32.4 Å². The standard InChI is InChI=1S/C14H20IN3O2/c1-14(2,3)20-13(19)17-7-6-11-10(8-17)12(15)16-18(11)9-4-5-9/h9H,4-8H2,1-3H3. The van der Waals surface area contributed by atoms with Crippen LogP contribution in [0.1, 0.15) is 50.9 Å². The maximum absolute atomic E-state index is 12.2. The van der Waals surface area contributed by atoms with Crippen molar-refractivity contribution in [3.05, 3.63) is 15.0 Å². The minimum absolute atomic E-state index is 0.224. The summed E-state index contributed by atoms with van der Waals surface area (Å²) in [6, 6.07) is 0.598. The van der Waals surface area contributed by atoms with E-state index in [-0.39, 0.29) is 6.09 Å². The quantitative estimate of drug-likeness (QED) is 0.694. The van der Waals surface area contributed by atoms with Gasteiger partial charge >= 0.3 is 6.09 Å². The normalized spacial score (nSPS) is 18.9. The molecule has 3 rings (SSSR count). The number of fused-ring (bicyclic) bond motifs is 1. The Morgan fingerprint density at radius 3 is 2.70 bits per heavy atom. The lowest BCUT2D eigenvalue weighted by molar-refractivity contribution is 0.0222. The molecule has 1 fully saturated rings. The Balaban J connectivity index is 1.77. The lowest BCUT2D eigenvalue weighted by atomic mass is 10.1. The van der Waals surface area contributed by atoms with Gasteiger partial charge in [0.05, 0.1) is 12.6 Å². The molecule has 0 N–H and O–H groups in total. The number of halogens is 1. The Morgan fingerprint density at radius 2 is 2.10 bits per heavy atom. The average molecular weight is 389 g/mol. The van der Waals surface area contributed by atoms with Crippen molar-refractivity contribution in [2.45, 2.75) is 58.2 Å². The minimum Gasteiger partial charge on any atom is -0.444 e. The highest BCUT2D eigenvalue weighted by Crippen LogP contribution is 2.38. The Hall–Kier alpha value is -0.790. The number of carbonyl (C=O) groups is 1. The van der Waals surface area contributed by atoms with Gasteiger partial charge in [-0.25, -0.2) is 4.79 Å². The first-order valence-electron chi connectivity index (χ1n) is 7.09. The highest BCUT2D eigenvalue weighted by atomic mass is 127. The molecule has 0 spiro atoms. The third-order valence-corrected chi connectivity index (χ3v) is 4.45. The summed E-state index contributed by atoms with van der Waals surface area (Å²) in [6.45, 7) is 7.03. The van der Waals surface area contributed by atoms with Crippen LogP contribution >= 0.6 is 22.6 Å². The van der Waals surface area contributed by atoms with Crippen molar-refractivity contribution >= 4 is 28.7 Å². The van der Waals surface area contributed by atoms with E-state index < -0.39 is 5.60 Å². The molecule has 0 bridgehead atoms. The van der Waals surface area contributed by atoms with Crippen LogP contribution in [-0.2, 0) is 17.7 Å². The summed E-state index contributed by atoms with van der Waals surface area (Å²) < 4.78 is 8.67. The summed E-state index contributed by atoms with van der Waals surface area (Å²) in [5.74, 6) is 0. The van der Waals surface area contributed by atoms with Gasteiger partial charge in [0.25, 0.3) is 0 Å². The van der Waals surface area contributed by atoms with Gasteiger partial charge < -0.3 is 9.64 Å². The van der Waals surface area contributed by atoms with E-state index in [0.717, 1.165) is 16.7 Å². The van der Waals surface area contributed by atoms with Crippen molar-refractivity contribution in [1.82, 2.24) is 14.7 Å². The smallest absolute Gasteiger partial charge is 0.410 e. The van der Waals surface area contributed by atoms with Crippen molar-refractivity contribution < 1.29 is 9.53 Å². The molecule has 0 atom stereocenters. The van der Waals surface area contributed by atoms with Gasteiger partial charge in [0.1, 0.15) is 9.30 Å². The number of ether oxygens (including phenoxy) is 1. The molecule has 0 unspecified atom stereocenters. The highest BCUT2D eigenvalue weighted by Gasteiger charge is 2.34. The number of aromatic nitrogens is 2. The number of hydrogen-bond acceptors (Lipinski definition) is 3. The van der Waals surface area contributed by atoms with Gasteiger partial charge in [-0.15, -0.1) is 0 Å². The van der Waals surface area contributed by atoms with E-state index in [0.29, 0.717) is 12.6 Å². The van der Waals surface area contributed by atoms with Crippen LogP contribution in [0.5, 0.6) is 0 Å². The molecule has 6 heteroatoms. The lowest BCUT2D eigenvalue weighted by Gasteiger charge is -2.30. The number of hydrogen-bond donors (Lipinski definition) is 0. The number of amides is 1. The zero-order valence-corrected chi connectivity index (χ0v) is 14.3. The number of rotatable bonds is 1. The Morgan fingerprint density at radius 1 is 1.40 bits per heavy atom. The SMILES string of the molecule is CC(C)(C)OC(=O)N1CCc2c(c(I)nn2C2CC2)C1. The van der Waals surface area contributed by atoms with Crippen LogP contribution < -0.4 is 0 Å². The molecular weight excluding hydrogens is 369 g/mol. The van der Waals surface area contributed by atoms with Gasteiger partial charge in [-0.3, -0.25) is 4.68 Å². The Bertz CT molecular complexity index is 543. The van der Waals surface area contributed by atoms with Crippen LogP contribution in [0.15, 0.2) is 0 Å². The lowest BCUT2D eigenvalue weighted by Crippen LogP contribution is -2.40. The first-order valence-corrected chi connectivity index (χ1v) is 8.17. The van der Waals surface area contributed by atoms with Crippen molar-refractivity contribution in [3.8, 4) is 0 Å². The highest BCUT2D eigenvalue weighted by molar-refractivity contribution is 14.1. The van der Waals surface area contributed by atoms with E-state index in [1.54, 1.807) is 4.90 Å². The number of nitrogens with zero attached hydrogens (tertiary/aromatic N) is 3. The van der Waals surface area contributed by atoms with Crippen LogP contribution in [-0.4, -0.2) is 32.9 Å². The largest absolute Gasteiger partial charge is 0.444 e. The predicted molar refractivity (Wildman–Crippen MR) is 83.6 cm³/mol. The predicted octanol–water partition coefficient (Wildman–Crippen LogP) is 3.12. The van der Waals surface area contributed by atoms with Crippen LogP contribution in [0.4, 0.5) is 4.79 Å². The van der Waals surface area contributed by atoms with Gasteiger partial charge in [0, 0.05) is 24.2 Å². The zero-order valence-electron chi connectivity index (χ0n) is 12.1. The van der Waals surface area contributed by atoms with E-state index in [4.69, 9.17) is 4.74 Å². The van der Waals surface area contributed by atoms with Crippen LogP contribution in [0.25, 0.3) is 0 Å². The fourth-order valence-corrected chi connectivity index (χ4v) is 3.22. The van der Waals surface area contributed by atoms with E-state index in [1.807, 2.05) is 20.8 Å². The Labute approximate surface area is 132 Å². The molecule has 110 valence electrons. The summed E-state index contributed by atoms with van der Waals surface area (Å²) in [5.41, 5.74) is 2.08. The molecule has 5 nitrogen and oxygen atoms in total. The maximum Gasteiger partial charge on any atom is 0.410 e. The second kappa shape index (κ2) is 4.89. The molecule has 2 heterocycles.